The van der Waals surface area contributed by atoms with Crippen molar-refractivity contribution in [2.75, 3.05) is 5.32 Å². The number of hydrogen-bond acceptors (Lipinski definition) is 3. The van der Waals surface area contributed by atoms with E-state index in [4.69, 9.17) is 23.2 Å². The third kappa shape index (κ3) is 3.46. The number of carbonyl (C=O) groups is 2. The topological polar surface area (TPSA) is 99.5 Å². The van der Waals surface area contributed by atoms with Crippen molar-refractivity contribution < 1.29 is 14.7 Å². The number of amides is 1. The van der Waals surface area contributed by atoms with E-state index in [0.29, 0.717) is 27.6 Å². The third-order valence-electron chi connectivity index (χ3n) is 4.48. The Balaban J connectivity index is 1.61. The zero-order valence-corrected chi connectivity index (χ0v) is 16.5. The first-order valence-corrected chi connectivity index (χ1v) is 9.26. The van der Waals surface area contributed by atoms with Crippen molar-refractivity contribution >= 4 is 46.4 Å². The lowest BCUT2D eigenvalue weighted by Gasteiger charge is -2.08. The van der Waals surface area contributed by atoms with Crippen LogP contribution in [0.25, 0.3) is 16.8 Å². The molecule has 1 aromatic carbocycles. The van der Waals surface area contributed by atoms with Crippen LogP contribution in [0.3, 0.4) is 0 Å². The number of pyridine rings is 1. The van der Waals surface area contributed by atoms with E-state index in [1.165, 1.54) is 0 Å². The predicted molar refractivity (Wildman–Crippen MR) is 111 cm³/mol. The molecule has 146 valence electrons. The van der Waals surface area contributed by atoms with Gasteiger partial charge >= 0.3 is 5.97 Å². The van der Waals surface area contributed by atoms with Crippen molar-refractivity contribution in [2.45, 2.75) is 6.92 Å². The summed E-state index contributed by atoms with van der Waals surface area (Å²) in [4.78, 5) is 30.9. The van der Waals surface area contributed by atoms with Crippen molar-refractivity contribution in [3.63, 3.8) is 0 Å². The number of benzene rings is 1. The van der Waals surface area contributed by atoms with Crippen LogP contribution in [0.15, 0.2) is 48.9 Å². The van der Waals surface area contributed by atoms with Gasteiger partial charge < -0.3 is 19.8 Å². The zero-order chi connectivity index (χ0) is 20.7. The van der Waals surface area contributed by atoms with E-state index in [1.54, 1.807) is 60.2 Å². The Kier molecular flexibility index (Phi) is 4.77. The van der Waals surface area contributed by atoms with E-state index in [0.717, 1.165) is 5.56 Å². The van der Waals surface area contributed by atoms with Crippen LogP contribution in [0.1, 0.15) is 26.5 Å². The lowest BCUT2D eigenvalue weighted by molar-refractivity contribution is 0.0698. The van der Waals surface area contributed by atoms with Gasteiger partial charge in [-0.1, -0.05) is 35.3 Å². The fourth-order valence-electron chi connectivity index (χ4n) is 3.02. The zero-order valence-electron chi connectivity index (χ0n) is 15.0. The second-order valence-corrected chi connectivity index (χ2v) is 7.15. The molecular formula is C20H14Cl2N4O3. The van der Waals surface area contributed by atoms with E-state index in [1.807, 2.05) is 0 Å². The van der Waals surface area contributed by atoms with Crippen LogP contribution >= 0.6 is 23.2 Å². The molecular weight excluding hydrogens is 415 g/mol. The summed E-state index contributed by atoms with van der Waals surface area (Å²) in [5.41, 5.74) is 3.34. The summed E-state index contributed by atoms with van der Waals surface area (Å²) in [6, 6.07) is 8.58. The summed E-state index contributed by atoms with van der Waals surface area (Å²) < 4.78 is 1.66. The largest absolute Gasteiger partial charge is 0.478 e. The molecule has 4 rings (SSSR count). The minimum Gasteiger partial charge on any atom is -0.478 e. The van der Waals surface area contributed by atoms with Gasteiger partial charge in [0.1, 0.15) is 11.3 Å². The minimum atomic E-state index is -1.05. The first-order valence-electron chi connectivity index (χ1n) is 8.50. The van der Waals surface area contributed by atoms with Crippen LogP contribution in [-0.2, 0) is 0 Å². The van der Waals surface area contributed by atoms with Crippen LogP contribution in [0.5, 0.6) is 0 Å². The van der Waals surface area contributed by atoms with Gasteiger partial charge in [-0.25, -0.2) is 9.78 Å². The van der Waals surface area contributed by atoms with Crippen molar-refractivity contribution in [1.29, 1.82) is 0 Å². The van der Waals surface area contributed by atoms with Crippen LogP contribution < -0.4 is 5.32 Å². The maximum absolute atomic E-state index is 12.4. The van der Waals surface area contributed by atoms with Gasteiger partial charge in [-0.3, -0.25) is 4.79 Å². The van der Waals surface area contributed by atoms with Gasteiger partial charge in [0.2, 0.25) is 0 Å². The molecule has 0 saturated heterocycles. The van der Waals surface area contributed by atoms with Crippen molar-refractivity contribution in [3.8, 4) is 11.1 Å². The Bertz CT molecular complexity index is 1260. The lowest BCUT2D eigenvalue weighted by atomic mass is 10.1. The SMILES string of the molecule is Cc1[nH]c(C(=O)Nc2ccc(-c3cc(C(=O)O)c4nccn4c3)cc2)c(Cl)c1Cl. The van der Waals surface area contributed by atoms with E-state index >= 15 is 0 Å². The molecule has 3 N–H and O–H groups in total. The number of fused-ring (bicyclic) bond motifs is 1. The summed E-state index contributed by atoms with van der Waals surface area (Å²) in [6.07, 6.45) is 5.03. The second-order valence-electron chi connectivity index (χ2n) is 6.39. The molecule has 3 heterocycles. The molecule has 9 heteroatoms. The molecule has 1 amide bonds. The Morgan fingerprint density at radius 2 is 1.86 bits per heavy atom. The number of nitrogens with zero attached hydrogens (tertiary/aromatic N) is 2. The second kappa shape index (κ2) is 7.27. The van der Waals surface area contributed by atoms with Crippen LogP contribution in [0, 0.1) is 6.92 Å². The Morgan fingerprint density at radius 1 is 1.14 bits per heavy atom. The summed E-state index contributed by atoms with van der Waals surface area (Å²) in [5, 5.41) is 12.7. The van der Waals surface area contributed by atoms with Gasteiger partial charge in [-0.15, -0.1) is 0 Å². The van der Waals surface area contributed by atoms with Gasteiger partial charge in [0.25, 0.3) is 5.91 Å². The maximum atomic E-state index is 12.4. The molecule has 0 aliphatic carbocycles. The van der Waals surface area contributed by atoms with Gasteiger partial charge in [-0.05, 0) is 36.2 Å². The molecule has 0 atom stereocenters. The molecule has 0 radical (unpaired) electrons. The number of carboxylic acid groups (broad SMARTS) is 1. The Labute approximate surface area is 174 Å². The van der Waals surface area contributed by atoms with E-state index in [2.05, 4.69) is 15.3 Å². The van der Waals surface area contributed by atoms with E-state index < -0.39 is 11.9 Å². The molecule has 7 nitrogen and oxygen atoms in total. The molecule has 0 fully saturated rings. The molecule has 0 aliphatic heterocycles. The average Bonchev–Trinajstić information content (AvgIpc) is 3.28. The Morgan fingerprint density at radius 3 is 2.48 bits per heavy atom. The highest BCUT2D eigenvalue weighted by atomic mass is 35.5. The number of aryl methyl sites for hydroxylation is 1. The van der Waals surface area contributed by atoms with Crippen LogP contribution in [-0.4, -0.2) is 31.4 Å². The number of carboxylic acids is 1. The monoisotopic (exact) mass is 428 g/mol. The van der Waals surface area contributed by atoms with Gasteiger partial charge in [0.15, 0.2) is 5.65 Å². The first-order chi connectivity index (χ1) is 13.8. The number of carbonyl (C=O) groups excluding carboxylic acids is 1. The molecule has 0 bridgehead atoms. The average molecular weight is 429 g/mol. The highest BCUT2D eigenvalue weighted by Gasteiger charge is 2.18. The number of aromatic nitrogens is 3. The minimum absolute atomic E-state index is 0.110. The molecule has 29 heavy (non-hydrogen) atoms. The summed E-state index contributed by atoms with van der Waals surface area (Å²) in [6.45, 7) is 1.72. The fourth-order valence-corrected chi connectivity index (χ4v) is 3.43. The molecule has 3 aromatic heterocycles. The van der Waals surface area contributed by atoms with Gasteiger partial charge in [0, 0.05) is 30.0 Å². The van der Waals surface area contributed by atoms with Crippen LogP contribution in [0.4, 0.5) is 5.69 Å². The van der Waals surface area contributed by atoms with E-state index in [-0.39, 0.29) is 16.3 Å². The van der Waals surface area contributed by atoms with E-state index in [9.17, 15) is 14.7 Å². The molecule has 4 aromatic rings. The standard InChI is InChI=1S/C20H14Cl2N4O3/c1-10-15(21)16(22)17(24-10)19(27)25-13-4-2-11(3-5-13)12-8-14(20(28)29)18-23-6-7-26(18)9-12/h2-9,24H,1H3,(H,25,27)(H,28,29). The normalized spacial score (nSPS) is 11.0. The highest BCUT2D eigenvalue weighted by Crippen LogP contribution is 2.30. The fraction of sp³-hybridized carbons (Fsp3) is 0.0500. The van der Waals surface area contributed by atoms with Gasteiger partial charge in [0.05, 0.1) is 10.0 Å². The first kappa shape index (κ1) is 19.0. The highest BCUT2D eigenvalue weighted by molar-refractivity contribution is 6.44. The van der Waals surface area contributed by atoms with Crippen molar-refractivity contribution in [1.82, 2.24) is 14.4 Å². The number of aromatic amines is 1. The number of halogens is 2. The van der Waals surface area contributed by atoms with Crippen molar-refractivity contribution in [3.05, 3.63) is 75.9 Å². The summed E-state index contributed by atoms with van der Waals surface area (Å²) in [7, 11) is 0. The quantitative estimate of drug-likeness (QED) is 0.430. The molecule has 0 unspecified atom stereocenters. The number of H-pyrrole nitrogens is 1. The number of nitrogens with one attached hydrogen (secondary N) is 2. The number of rotatable bonds is 4. The third-order valence-corrected chi connectivity index (χ3v) is 5.42. The molecule has 0 spiro atoms. The maximum Gasteiger partial charge on any atom is 0.339 e. The molecule has 0 saturated carbocycles. The Hall–Kier alpha value is -3.29. The molecule has 0 aliphatic rings. The van der Waals surface area contributed by atoms with Gasteiger partial charge in [-0.2, -0.15) is 0 Å². The number of hydrogen-bond donors (Lipinski definition) is 3. The van der Waals surface area contributed by atoms with Crippen LogP contribution in [0.2, 0.25) is 10.0 Å². The smallest absolute Gasteiger partial charge is 0.339 e. The summed E-state index contributed by atoms with van der Waals surface area (Å²) >= 11 is 12.1. The number of imidazole rings is 1. The predicted octanol–water partition coefficient (Wildman–Crippen LogP) is 4.90. The summed E-state index contributed by atoms with van der Waals surface area (Å²) in [5.74, 6) is -1.46. The number of aromatic carboxylic acids is 1. The number of anilines is 1. The lowest BCUT2D eigenvalue weighted by Crippen LogP contribution is -2.12. The van der Waals surface area contributed by atoms with Crippen molar-refractivity contribution in [2.24, 2.45) is 0 Å².